The quantitative estimate of drug-likeness (QED) is 0.330. The van der Waals surface area contributed by atoms with Crippen molar-refractivity contribution in [1.29, 1.82) is 0 Å². The molecule has 3 heterocycles. The van der Waals surface area contributed by atoms with Gasteiger partial charge in [-0.25, -0.2) is 4.98 Å². The van der Waals surface area contributed by atoms with Crippen LogP contribution in [-0.4, -0.2) is 97.5 Å². The monoisotopic (exact) mass is 632 g/mol. The number of halogens is 3. The van der Waals surface area contributed by atoms with E-state index in [1.165, 1.54) is 4.90 Å². The van der Waals surface area contributed by atoms with E-state index in [-0.39, 0.29) is 24.3 Å². The lowest BCUT2D eigenvalue weighted by Gasteiger charge is -2.38. The Morgan fingerprint density at radius 2 is 1.76 bits per heavy atom. The third-order valence-electron chi connectivity index (χ3n) is 9.46. The summed E-state index contributed by atoms with van der Waals surface area (Å²) in [4.78, 5) is 34.8. The Kier molecular flexibility index (Phi) is 10.4. The van der Waals surface area contributed by atoms with Gasteiger partial charge in [-0.1, -0.05) is 0 Å². The van der Waals surface area contributed by atoms with Crippen LogP contribution in [0.4, 0.5) is 18.9 Å². The molecule has 1 atom stereocenters. The molecule has 2 aromatic rings. The Hall–Kier alpha value is -3.54. The Balaban J connectivity index is 1.18. The van der Waals surface area contributed by atoms with Crippen LogP contribution in [0.3, 0.4) is 0 Å². The van der Waals surface area contributed by atoms with Gasteiger partial charge in [0, 0.05) is 57.6 Å². The number of piperidine rings is 2. The Morgan fingerprint density at radius 1 is 1.04 bits per heavy atom. The van der Waals surface area contributed by atoms with Crippen molar-refractivity contribution < 1.29 is 37.3 Å². The largest absolute Gasteiger partial charge is 0.497 e. The first-order valence-corrected chi connectivity index (χ1v) is 15.8. The van der Waals surface area contributed by atoms with Crippen LogP contribution >= 0.6 is 0 Å². The molecule has 9 nitrogen and oxygen atoms in total. The summed E-state index contributed by atoms with van der Waals surface area (Å²) in [7, 11) is 3.32. The zero-order valence-electron chi connectivity index (χ0n) is 26.0. The van der Waals surface area contributed by atoms with E-state index in [0.717, 1.165) is 50.0 Å². The minimum absolute atomic E-state index is 0.0166. The predicted octanol–water partition coefficient (Wildman–Crippen LogP) is 5.45. The number of hydrogen-bond donors (Lipinski definition) is 1. The van der Waals surface area contributed by atoms with Gasteiger partial charge in [-0.05, 0) is 80.0 Å². The molecule has 5 rings (SSSR count). The van der Waals surface area contributed by atoms with Gasteiger partial charge in [-0.2, -0.15) is 13.2 Å². The van der Waals surface area contributed by atoms with E-state index < -0.39 is 18.7 Å². The highest BCUT2D eigenvalue weighted by Gasteiger charge is 2.36. The van der Waals surface area contributed by atoms with Gasteiger partial charge in [0.2, 0.25) is 5.88 Å². The van der Waals surface area contributed by atoms with Crippen LogP contribution in [0.2, 0.25) is 0 Å². The molecule has 1 aliphatic carbocycles. The highest BCUT2D eigenvalue weighted by Crippen LogP contribution is 2.45. The molecular formula is C33H43F3N4O5. The summed E-state index contributed by atoms with van der Waals surface area (Å²) in [6, 6.07) is 9.06. The topological polar surface area (TPSA) is 95.4 Å². The van der Waals surface area contributed by atoms with E-state index in [4.69, 9.17) is 9.47 Å². The van der Waals surface area contributed by atoms with Crippen molar-refractivity contribution in [2.45, 2.75) is 63.1 Å². The van der Waals surface area contributed by atoms with Crippen LogP contribution in [-0.2, 0) is 4.79 Å². The third kappa shape index (κ3) is 8.80. The van der Waals surface area contributed by atoms with Crippen molar-refractivity contribution in [3.05, 3.63) is 47.7 Å². The average Bonchev–Trinajstić information content (AvgIpc) is 3.87. The number of amides is 1. The number of carboxylic acids is 1. The van der Waals surface area contributed by atoms with Crippen LogP contribution in [0.1, 0.15) is 66.8 Å². The van der Waals surface area contributed by atoms with Crippen LogP contribution < -0.4 is 14.4 Å². The standard InChI is InChI=1S/C33H43F3N4O5/c1-38(25-10-13-39(14-11-25)21-33(34,35)36)32(43)27-6-5-26(44-2)18-29(27)40-15-8-22(9-16-40)20-45-30-17-24(7-12-37-30)28(19-31(41)42)23-3-4-23/h5-7,12,17-18,22-23,25,28H,3-4,8-11,13-16,19-21H2,1-2H3,(H,41,42). The molecule has 2 saturated heterocycles. The highest BCUT2D eigenvalue weighted by molar-refractivity contribution is 6.00. The van der Waals surface area contributed by atoms with Gasteiger partial charge >= 0.3 is 12.1 Å². The number of aromatic nitrogens is 1. The number of carbonyl (C=O) groups excluding carboxylic acids is 1. The van der Waals surface area contributed by atoms with Gasteiger partial charge in [0.25, 0.3) is 5.91 Å². The first kappa shape index (κ1) is 32.8. The molecule has 246 valence electrons. The number of likely N-dealkylation sites (tertiary alicyclic amines) is 1. The second kappa shape index (κ2) is 14.3. The summed E-state index contributed by atoms with van der Waals surface area (Å²) in [5.41, 5.74) is 2.31. The number of rotatable bonds is 12. The summed E-state index contributed by atoms with van der Waals surface area (Å²) in [5.74, 6) is 0.898. The average molecular weight is 633 g/mol. The van der Waals surface area contributed by atoms with Gasteiger partial charge < -0.3 is 24.4 Å². The minimum Gasteiger partial charge on any atom is -0.497 e. The molecule has 1 N–H and O–H groups in total. The summed E-state index contributed by atoms with van der Waals surface area (Å²) in [5, 5.41) is 9.36. The fraction of sp³-hybridized carbons (Fsp3) is 0.606. The molecule has 0 radical (unpaired) electrons. The maximum Gasteiger partial charge on any atom is 0.401 e. The second-order valence-electron chi connectivity index (χ2n) is 12.6. The lowest BCUT2D eigenvalue weighted by molar-refractivity contribution is -0.148. The molecule has 0 bridgehead atoms. The zero-order chi connectivity index (χ0) is 32.1. The molecular weight excluding hydrogens is 589 g/mol. The fourth-order valence-electron chi connectivity index (χ4n) is 6.68. The lowest BCUT2D eigenvalue weighted by Crippen LogP contribution is -2.48. The SMILES string of the molecule is COc1ccc(C(=O)N(C)C2CCN(CC(F)(F)F)CC2)c(N2CCC(COc3cc(C(CC(=O)O)C4CC4)ccn3)CC2)c1. The summed E-state index contributed by atoms with van der Waals surface area (Å²) in [6.07, 6.45) is 2.36. The smallest absolute Gasteiger partial charge is 0.401 e. The number of pyridine rings is 1. The molecule has 2 aliphatic heterocycles. The normalized spacial score (nSPS) is 19.3. The summed E-state index contributed by atoms with van der Waals surface area (Å²) >= 11 is 0. The zero-order valence-corrected chi connectivity index (χ0v) is 26.0. The molecule has 45 heavy (non-hydrogen) atoms. The van der Waals surface area contributed by atoms with E-state index in [2.05, 4.69) is 9.88 Å². The molecule has 1 aromatic heterocycles. The summed E-state index contributed by atoms with van der Waals surface area (Å²) in [6.45, 7) is 1.62. The maximum atomic E-state index is 13.7. The molecule has 1 aromatic carbocycles. The molecule has 3 fully saturated rings. The first-order chi connectivity index (χ1) is 21.5. The summed E-state index contributed by atoms with van der Waals surface area (Å²) < 4.78 is 50.0. The predicted molar refractivity (Wildman–Crippen MR) is 163 cm³/mol. The van der Waals surface area contributed by atoms with Gasteiger partial charge in [-0.3, -0.25) is 14.5 Å². The van der Waals surface area contributed by atoms with Crippen LogP contribution in [0.5, 0.6) is 11.6 Å². The molecule has 1 unspecified atom stereocenters. The number of anilines is 1. The maximum absolute atomic E-state index is 13.7. The van der Waals surface area contributed by atoms with Crippen molar-refractivity contribution >= 4 is 17.6 Å². The lowest BCUT2D eigenvalue weighted by atomic mass is 9.92. The van der Waals surface area contributed by atoms with Gasteiger partial charge in [-0.15, -0.1) is 0 Å². The van der Waals surface area contributed by atoms with E-state index >= 15 is 0 Å². The van der Waals surface area contributed by atoms with Crippen molar-refractivity contribution in [2.75, 3.05) is 58.4 Å². The van der Waals surface area contributed by atoms with Crippen molar-refractivity contribution in [3.8, 4) is 11.6 Å². The number of ether oxygens (including phenoxy) is 2. The highest BCUT2D eigenvalue weighted by atomic mass is 19.4. The van der Waals surface area contributed by atoms with Gasteiger partial charge in [0.05, 0.1) is 37.9 Å². The number of nitrogens with zero attached hydrogens (tertiary/aromatic N) is 4. The molecule has 1 amide bonds. The number of carbonyl (C=O) groups is 2. The second-order valence-corrected chi connectivity index (χ2v) is 12.6. The van der Waals surface area contributed by atoms with Gasteiger partial charge in [0.1, 0.15) is 5.75 Å². The molecule has 12 heteroatoms. The number of alkyl halides is 3. The third-order valence-corrected chi connectivity index (χ3v) is 9.46. The first-order valence-electron chi connectivity index (χ1n) is 15.8. The van der Waals surface area contributed by atoms with Gasteiger partial charge in [0.15, 0.2) is 0 Å². The Morgan fingerprint density at radius 3 is 2.38 bits per heavy atom. The fourth-order valence-corrected chi connectivity index (χ4v) is 6.68. The number of benzene rings is 1. The number of methoxy groups -OCH3 is 1. The van der Waals surface area contributed by atoms with E-state index in [0.29, 0.717) is 61.6 Å². The van der Waals surface area contributed by atoms with Crippen molar-refractivity contribution in [1.82, 2.24) is 14.8 Å². The number of hydrogen-bond acceptors (Lipinski definition) is 7. The van der Waals surface area contributed by atoms with Crippen LogP contribution in [0, 0.1) is 11.8 Å². The van der Waals surface area contributed by atoms with Crippen LogP contribution in [0.15, 0.2) is 36.5 Å². The Bertz CT molecular complexity index is 1320. The minimum atomic E-state index is -4.23. The van der Waals surface area contributed by atoms with Crippen LogP contribution in [0.25, 0.3) is 0 Å². The Labute approximate surface area is 262 Å². The molecule has 1 saturated carbocycles. The van der Waals surface area contributed by atoms with E-state index in [1.54, 1.807) is 37.4 Å². The number of aliphatic carboxylic acids is 1. The van der Waals surface area contributed by atoms with E-state index in [9.17, 15) is 27.9 Å². The van der Waals surface area contributed by atoms with Crippen molar-refractivity contribution in [3.63, 3.8) is 0 Å². The van der Waals surface area contributed by atoms with E-state index in [1.807, 2.05) is 18.2 Å². The molecule has 0 spiro atoms. The van der Waals surface area contributed by atoms with Crippen molar-refractivity contribution in [2.24, 2.45) is 11.8 Å². The molecule has 3 aliphatic rings. The number of carboxylic acid groups (broad SMARTS) is 1.